The summed E-state index contributed by atoms with van der Waals surface area (Å²) in [7, 11) is 0. The molecule has 0 bridgehead atoms. The number of fused-ring (bicyclic) bond motifs is 1. The molecule has 0 radical (unpaired) electrons. The summed E-state index contributed by atoms with van der Waals surface area (Å²) in [4.78, 5) is 10.9. The molecule has 1 aliphatic heterocycles. The average molecular weight is 195 g/mol. The van der Waals surface area contributed by atoms with Crippen LogP contribution in [0.2, 0.25) is 0 Å². The molecule has 14 heavy (non-hydrogen) atoms. The maximum atomic E-state index is 10.9. The Hall–Kier alpha value is -1.43. The van der Waals surface area contributed by atoms with Gasteiger partial charge in [-0.1, -0.05) is 0 Å². The van der Waals surface area contributed by atoms with Crippen molar-refractivity contribution >= 4 is 5.91 Å². The van der Waals surface area contributed by atoms with Crippen LogP contribution in [-0.4, -0.2) is 26.7 Å². The minimum atomic E-state index is -0.569. The Balaban J connectivity index is 2.11. The number of rotatable bonds is 2. The molecule has 1 amide bonds. The SMILES string of the molecule is NC(=O)C(N)C1CCn2cnnc2C1. The zero-order valence-electron chi connectivity index (χ0n) is 7.76. The molecule has 0 saturated carbocycles. The van der Waals surface area contributed by atoms with Gasteiger partial charge in [0.1, 0.15) is 12.2 Å². The minimum Gasteiger partial charge on any atom is -0.368 e. The number of aryl methyl sites for hydroxylation is 1. The quantitative estimate of drug-likeness (QED) is 0.609. The number of primary amides is 1. The van der Waals surface area contributed by atoms with Gasteiger partial charge in [0.25, 0.3) is 0 Å². The summed E-state index contributed by atoms with van der Waals surface area (Å²) < 4.78 is 1.98. The van der Waals surface area contributed by atoms with Gasteiger partial charge in [0, 0.05) is 13.0 Å². The lowest BCUT2D eigenvalue weighted by molar-refractivity contribution is -0.120. The fraction of sp³-hybridized carbons (Fsp3) is 0.625. The van der Waals surface area contributed by atoms with E-state index in [-0.39, 0.29) is 5.92 Å². The van der Waals surface area contributed by atoms with Crippen LogP contribution in [0.15, 0.2) is 6.33 Å². The van der Waals surface area contributed by atoms with Crippen LogP contribution in [0.5, 0.6) is 0 Å². The lowest BCUT2D eigenvalue weighted by atomic mass is 9.90. The van der Waals surface area contributed by atoms with E-state index in [2.05, 4.69) is 10.2 Å². The van der Waals surface area contributed by atoms with Crippen molar-refractivity contribution in [2.45, 2.75) is 25.4 Å². The number of nitrogens with zero attached hydrogens (tertiary/aromatic N) is 3. The fourth-order valence-corrected chi connectivity index (χ4v) is 1.80. The van der Waals surface area contributed by atoms with Gasteiger partial charge in [0.2, 0.25) is 5.91 Å². The van der Waals surface area contributed by atoms with E-state index in [0.29, 0.717) is 6.42 Å². The van der Waals surface area contributed by atoms with Crippen LogP contribution < -0.4 is 11.5 Å². The van der Waals surface area contributed by atoms with Gasteiger partial charge in [-0.25, -0.2) is 0 Å². The molecule has 0 fully saturated rings. The summed E-state index contributed by atoms with van der Waals surface area (Å²) in [5.41, 5.74) is 10.8. The average Bonchev–Trinajstić information content (AvgIpc) is 2.62. The first-order chi connectivity index (χ1) is 6.68. The molecule has 2 heterocycles. The molecule has 2 unspecified atom stereocenters. The van der Waals surface area contributed by atoms with Crippen LogP contribution in [-0.2, 0) is 17.8 Å². The molecular formula is C8H13N5O. The van der Waals surface area contributed by atoms with E-state index in [1.54, 1.807) is 6.33 Å². The molecule has 0 spiro atoms. The van der Waals surface area contributed by atoms with Crippen molar-refractivity contribution in [2.75, 3.05) is 0 Å². The normalized spacial score (nSPS) is 22.8. The van der Waals surface area contributed by atoms with E-state index in [1.807, 2.05) is 4.57 Å². The molecule has 1 aromatic rings. The number of hydrogen-bond acceptors (Lipinski definition) is 4. The van der Waals surface area contributed by atoms with Crippen molar-refractivity contribution in [3.8, 4) is 0 Å². The van der Waals surface area contributed by atoms with E-state index < -0.39 is 11.9 Å². The van der Waals surface area contributed by atoms with E-state index in [1.165, 1.54) is 0 Å². The Kier molecular flexibility index (Phi) is 2.20. The third kappa shape index (κ3) is 1.48. The van der Waals surface area contributed by atoms with E-state index in [4.69, 9.17) is 11.5 Å². The first-order valence-corrected chi connectivity index (χ1v) is 4.60. The van der Waals surface area contributed by atoms with Gasteiger partial charge in [0.15, 0.2) is 0 Å². The second-order valence-electron chi connectivity index (χ2n) is 3.62. The van der Waals surface area contributed by atoms with E-state index >= 15 is 0 Å². The summed E-state index contributed by atoms with van der Waals surface area (Å²) >= 11 is 0. The van der Waals surface area contributed by atoms with Crippen LogP contribution in [0.25, 0.3) is 0 Å². The summed E-state index contributed by atoms with van der Waals surface area (Å²) in [6.45, 7) is 0.813. The molecule has 1 aromatic heterocycles. The second kappa shape index (κ2) is 3.38. The van der Waals surface area contributed by atoms with Gasteiger partial charge in [0.05, 0.1) is 6.04 Å². The lowest BCUT2D eigenvalue weighted by Crippen LogP contribution is -2.45. The molecule has 6 nitrogen and oxygen atoms in total. The third-order valence-electron chi connectivity index (χ3n) is 2.72. The number of aromatic nitrogens is 3. The van der Waals surface area contributed by atoms with Crippen LogP contribution in [0.3, 0.4) is 0 Å². The van der Waals surface area contributed by atoms with Crippen molar-refractivity contribution in [3.05, 3.63) is 12.2 Å². The summed E-state index contributed by atoms with van der Waals surface area (Å²) in [5.74, 6) is 0.546. The molecule has 2 rings (SSSR count). The Bertz CT molecular complexity index is 347. The largest absolute Gasteiger partial charge is 0.368 e. The topological polar surface area (TPSA) is 99.8 Å². The highest BCUT2D eigenvalue weighted by Crippen LogP contribution is 2.20. The zero-order chi connectivity index (χ0) is 10.1. The molecule has 4 N–H and O–H groups in total. The number of carbonyl (C=O) groups is 1. The highest BCUT2D eigenvalue weighted by molar-refractivity contribution is 5.79. The molecule has 2 atom stereocenters. The highest BCUT2D eigenvalue weighted by Gasteiger charge is 2.27. The Morgan fingerprint density at radius 2 is 2.50 bits per heavy atom. The molecule has 0 saturated heterocycles. The highest BCUT2D eigenvalue weighted by atomic mass is 16.1. The molecule has 0 aromatic carbocycles. The van der Waals surface area contributed by atoms with Crippen LogP contribution >= 0.6 is 0 Å². The molecule has 6 heteroatoms. The minimum absolute atomic E-state index is 0.101. The fourth-order valence-electron chi connectivity index (χ4n) is 1.80. The van der Waals surface area contributed by atoms with Crippen LogP contribution in [0.1, 0.15) is 12.2 Å². The summed E-state index contributed by atoms with van der Waals surface area (Å²) in [5, 5.41) is 7.75. The molecule has 0 aliphatic carbocycles. The van der Waals surface area contributed by atoms with Crippen LogP contribution in [0, 0.1) is 5.92 Å². The Morgan fingerprint density at radius 1 is 1.71 bits per heavy atom. The lowest BCUT2D eigenvalue weighted by Gasteiger charge is -2.25. The molecule has 1 aliphatic rings. The van der Waals surface area contributed by atoms with Crippen LogP contribution in [0.4, 0.5) is 0 Å². The third-order valence-corrected chi connectivity index (χ3v) is 2.72. The first kappa shape index (κ1) is 9.14. The zero-order valence-corrected chi connectivity index (χ0v) is 7.76. The number of amides is 1. The van der Waals surface area contributed by atoms with Gasteiger partial charge >= 0.3 is 0 Å². The van der Waals surface area contributed by atoms with E-state index in [9.17, 15) is 4.79 Å². The van der Waals surface area contributed by atoms with Gasteiger partial charge in [-0.05, 0) is 12.3 Å². The van der Waals surface area contributed by atoms with Gasteiger partial charge < -0.3 is 16.0 Å². The number of carbonyl (C=O) groups excluding carboxylic acids is 1. The standard InChI is InChI=1S/C8H13N5O/c9-7(8(10)14)5-1-2-13-4-11-12-6(13)3-5/h4-5,7H,1-3,9H2,(H2,10,14). The molecular weight excluding hydrogens is 182 g/mol. The second-order valence-corrected chi connectivity index (χ2v) is 3.62. The van der Waals surface area contributed by atoms with Crippen molar-refractivity contribution in [2.24, 2.45) is 17.4 Å². The monoisotopic (exact) mass is 195 g/mol. The maximum Gasteiger partial charge on any atom is 0.234 e. The predicted molar refractivity (Wildman–Crippen MR) is 49.0 cm³/mol. The molecule has 76 valence electrons. The van der Waals surface area contributed by atoms with Crippen molar-refractivity contribution in [3.63, 3.8) is 0 Å². The van der Waals surface area contributed by atoms with Crippen molar-refractivity contribution < 1.29 is 4.79 Å². The van der Waals surface area contributed by atoms with Crippen molar-refractivity contribution in [1.29, 1.82) is 0 Å². The first-order valence-electron chi connectivity index (χ1n) is 4.60. The van der Waals surface area contributed by atoms with E-state index in [0.717, 1.165) is 18.8 Å². The predicted octanol–water partition coefficient (Wildman–Crippen LogP) is -1.35. The van der Waals surface area contributed by atoms with Crippen molar-refractivity contribution in [1.82, 2.24) is 14.8 Å². The Morgan fingerprint density at radius 3 is 3.21 bits per heavy atom. The maximum absolute atomic E-state index is 10.9. The smallest absolute Gasteiger partial charge is 0.234 e. The summed E-state index contributed by atoms with van der Waals surface area (Å²) in [6.07, 6.45) is 3.24. The Labute approximate surface area is 81.3 Å². The number of nitrogens with two attached hydrogens (primary N) is 2. The van der Waals surface area contributed by atoms with Gasteiger partial charge in [-0.15, -0.1) is 10.2 Å². The number of hydrogen-bond donors (Lipinski definition) is 2. The summed E-state index contributed by atoms with van der Waals surface area (Å²) in [6, 6.07) is -0.569. The van der Waals surface area contributed by atoms with Gasteiger partial charge in [-0.2, -0.15) is 0 Å². The van der Waals surface area contributed by atoms with Gasteiger partial charge in [-0.3, -0.25) is 4.79 Å².